The Morgan fingerprint density at radius 3 is 2.55 bits per heavy atom. The highest BCUT2D eigenvalue weighted by molar-refractivity contribution is 6.36. The first-order valence-electron chi connectivity index (χ1n) is 6.85. The van der Waals surface area contributed by atoms with Crippen LogP contribution >= 0.6 is 23.2 Å². The second-order valence-corrected chi connectivity index (χ2v) is 6.02. The number of carbonyl (C=O) groups is 1. The maximum atomic E-state index is 11.6. The Bertz CT molecular complexity index is 477. The van der Waals surface area contributed by atoms with Crippen molar-refractivity contribution < 1.29 is 9.90 Å². The minimum Gasteiger partial charge on any atom is -0.481 e. The van der Waals surface area contributed by atoms with E-state index < -0.39 is 11.9 Å². The van der Waals surface area contributed by atoms with Crippen LogP contribution < -0.4 is 5.73 Å². The van der Waals surface area contributed by atoms with Gasteiger partial charge in [0.05, 0.1) is 16.6 Å². The van der Waals surface area contributed by atoms with Crippen LogP contribution in [0.3, 0.4) is 0 Å². The summed E-state index contributed by atoms with van der Waals surface area (Å²) in [7, 11) is 0. The Labute approximate surface area is 130 Å². The predicted octanol–water partition coefficient (Wildman–Crippen LogP) is 4.96. The first-order chi connectivity index (χ1) is 9.38. The Hall–Kier alpha value is -0.930. The topological polar surface area (TPSA) is 63.3 Å². The maximum absolute atomic E-state index is 11.6. The van der Waals surface area contributed by atoms with Crippen LogP contribution in [0.15, 0.2) is 12.1 Å². The van der Waals surface area contributed by atoms with Crippen molar-refractivity contribution in [2.45, 2.75) is 45.4 Å². The molecule has 0 aliphatic heterocycles. The van der Waals surface area contributed by atoms with Gasteiger partial charge in [0.15, 0.2) is 0 Å². The van der Waals surface area contributed by atoms with Crippen molar-refractivity contribution in [2.75, 3.05) is 5.73 Å². The van der Waals surface area contributed by atoms with Gasteiger partial charge in [-0.2, -0.15) is 0 Å². The molecule has 1 aromatic rings. The molecule has 3 nitrogen and oxygen atoms in total. The fraction of sp³-hybridized carbons (Fsp3) is 0.533. The Balaban J connectivity index is 3.05. The molecule has 0 amide bonds. The number of hydrogen-bond acceptors (Lipinski definition) is 2. The molecule has 5 heteroatoms. The van der Waals surface area contributed by atoms with E-state index in [9.17, 15) is 9.90 Å². The van der Waals surface area contributed by atoms with E-state index in [-0.39, 0.29) is 5.92 Å². The van der Waals surface area contributed by atoms with E-state index in [2.05, 4.69) is 6.92 Å². The van der Waals surface area contributed by atoms with Crippen LogP contribution in [0, 0.1) is 5.92 Å². The Morgan fingerprint density at radius 2 is 2.00 bits per heavy atom. The summed E-state index contributed by atoms with van der Waals surface area (Å²) >= 11 is 12.0. The smallest absolute Gasteiger partial charge is 0.311 e. The number of carboxylic acid groups (broad SMARTS) is 1. The fourth-order valence-corrected chi connectivity index (χ4v) is 2.94. The molecule has 0 heterocycles. The lowest BCUT2D eigenvalue weighted by Crippen LogP contribution is -2.21. The van der Waals surface area contributed by atoms with E-state index in [1.165, 1.54) is 6.07 Å². The maximum Gasteiger partial charge on any atom is 0.311 e. The van der Waals surface area contributed by atoms with Crippen molar-refractivity contribution in [3.63, 3.8) is 0 Å². The molecule has 0 aromatic heterocycles. The SMILES string of the molecule is CCCCCC(C)C(C(=O)O)c1cc(Cl)cc(Cl)c1N. The van der Waals surface area contributed by atoms with Gasteiger partial charge in [-0.05, 0) is 30.0 Å². The third-order valence-electron chi connectivity index (χ3n) is 3.56. The summed E-state index contributed by atoms with van der Waals surface area (Å²) in [5.41, 5.74) is 6.75. The molecule has 0 radical (unpaired) electrons. The second-order valence-electron chi connectivity index (χ2n) is 5.18. The van der Waals surface area contributed by atoms with Crippen molar-refractivity contribution >= 4 is 34.9 Å². The zero-order chi connectivity index (χ0) is 15.3. The van der Waals surface area contributed by atoms with E-state index >= 15 is 0 Å². The molecule has 0 aliphatic rings. The van der Waals surface area contributed by atoms with E-state index in [0.29, 0.717) is 21.3 Å². The second kappa shape index (κ2) is 7.75. The van der Waals surface area contributed by atoms with Gasteiger partial charge in [-0.25, -0.2) is 0 Å². The number of hydrogen-bond donors (Lipinski definition) is 2. The van der Waals surface area contributed by atoms with Gasteiger partial charge in [-0.1, -0.05) is 56.3 Å². The number of nitrogen functional groups attached to an aromatic ring is 1. The summed E-state index contributed by atoms with van der Waals surface area (Å²) in [5.74, 6) is -1.59. The van der Waals surface area contributed by atoms with E-state index in [4.69, 9.17) is 28.9 Å². The number of unbranched alkanes of at least 4 members (excludes halogenated alkanes) is 2. The van der Waals surface area contributed by atoms with Crippen molar-refractivity contribution in [2.24, 2.45) is 5.92 Å². The predicted molar refractivity (Wildman–Crippen MR) is 84.6 cm³/mol. The zero-order valence-electron chi connectivity index (χ0n) is 11.8. The molecule has 112 valence electrons. The largest absolute Gasteiger partial charge is 0.481 e. The fourth-order valence-electron chi connectivity index (χ4n) is 2.43. The molecule has 0 bridgehead atoms. The third-order valence-corrected chi connectivity index (χ3v) is 4.09. The number of benzene rings is 1. The lowest BCUT2D eigenvalue weighted by Gasteiger charge is -2.22. The average molecular weight is 318 g/mol. The van der Waals surface area contributed by atoms with Crippen LogP contribution in [-0.4, -0.2) is 11.1 Å². The highest BCUT2D eigenvalue weighted by atomic mass is 35.5. The van der Waals surface area contributed by atoms with Crippen molar-refractivity contribution in [3.8, 4) is 0 Å². The van der Waals surface area contributed by atoms with Crippen molar-refractivity contribution in [1.82, 2.24) is 0 Å². The highest BCUT2D eigenvalue weighted by Gasteiger charge is 2.29. The number of nitrogens with two attached hydrogens (primary N) is 1. The minimum atomic E-state index is -0.890. The number of anilines is 1. The molecule has 0 saturated carbocycles. The van der Waals surface area contributed by atoms with Crippen LogP contribution in [-0.2, 0) is 4.79 Å². The normalized spacial score (nSPS) is 14.0. The molecule has 2 unspecified atom stereocenters. The monoisotopic (exact) mass is 317 g/mol. The summed E-state index contributed by atoms with van der Waals surface area (Å²) in [6, 6.07) is 3.14. The molecular formula is C15H21Cl2NO2. The standard InChI is InChI=1S/C15H21Cl2NO2/c1-3-4-5-6-9(2)13(15(19)20)11-7-10(16)8-12(17)14(11)18/h7-9,13H,3-6,18H2,1-2H3,(H,19,20). The molecule has 2 atom stereocenters. The van der Waals surface area contributed by atoms with Crippen molar-refractivity contribution in [3.05, 3.63) is 27.7 Å². The van der Waals surface area contributed by atoms with Crippen LogP contribution in [0.25, 0.3) is 0 Å². The molecular weight excluding hydrogens is 297 g/mol. The molecule has 1 rings (SSSR count). The van der Waals surface area contributed by atoms with Gasteiger partial charge in [0.25, 0.3) is 0 Å². The van der Waals surface area contributed by atoms with Gasteiger partial charge in [-0.15, -0.1) is 0 Å². The molecule has 0 saturated heterocycles. The average Bonchev–Trinajstić information content (AvgIpc) is 2.35. The molecule has 3 N–H and O–H groups in total. The first kappa shape index (κ1) is 17.1. The van der Waals surface area contributed by atoms with Crippen LogP contribution in [0.2, 0.25) is 10.0 Å². The van der Waals surface area contributed by atoms with Gasteiger partial charge in [0.2, 0.25) is 0 Å². The zero-order valence-corrected chi connectivity index (χ0v) is 13.3. The number of carboxylic acids is 1. The molecule has 0 aliphatic carbocycles. The third kappa shape index (κ3) is 4.29. The van der Waals surface area contributed by atoms with Crippen LogP contribution in [0.1, 0.15) is 51.0 Å². The van der Waals surface area contributed by atoms with Gasteiger partial charge in [-0.3, -0.25) is 4.79 Å². The van der Waals surface area contributed by atoms with Crippen molar-refractivity contribution in [1.29, 1.82) is 0 Å². The number of halogens is 2. The molecule has 20 heavy (non-hydrogen) atoms. The van der Waals surface area contributed by atoms with Crippen LogP contribution in [0.5, 0.6) is 0 Å². The van der Waals surface area contributed by atoms with Crippen LogP contribution in [0.4, 0.5) is 5.69 Å². The van der Waals surface area contributed by atoms with Gasteiger partial charge in [0, 0.05) is 5.02 Å². The summed E-state index contributed by atoms with van der Waals surface area (Å²) in [4.78, 5) is 11.6. The molecule has 0 spiro atoms. The first-order valence-corrected chi connectivity index (χ1v) is 7.61. The highest BCUT2D eigenvalue weighted by Crippen LogP contribution is 2.37. The van der Waals surface area contributed by atoms with Gasteiger partial charge >= 0.3 is 5.97 Å². The lowest BCUT2D eigenvalue weighted by molar-refractivity contribution is -0.140. The Kier molecular flexibility index (Phi) is 6.63. The summed E-state index contributed by atoms with van der Waals surface area (Å²) < 4.78 is 0. The minimum absolute atomic E-state index is 0.0177. The number of rotatable bonds is 7. The van der Waals surface area contributed by atoms with E-state index in [1.807, 2.05) is 6.92 Å². The van der Waals surface area contributed by atoms with E-state index in [1.54, 1.807) is 6.07 Å². The summed E-state index contributed by atoms with van der Waals surface area (Å²) in [6.07, 6.45) is 4.06. The summed E-state index contributed by atoms with van der Waals surface area (Å²) in [5, 5.41) is 10.2. The lowest BCUT2D eigenvalue weighted by atomic mass is 9.83. The molecule has 0 fully saturated rings. The molecule has 1 aromatic carbocycles. The summed E-state index contributed by atoms with van der Waals surface area (Å²) in [6.45, 7) is 4.05. The quantitative estimate of drug-likeness (QED) is 0.551. The van der Waals surface area contributed by atoms with E-state index in [0.717, 1.165) is 25.7 Å². The van der Waals surface area contributed by atoms with Gasteiger partial charge < -0.3 is 10.8 Å². The number of aliphatic carboxylic acids is 1. The van der Waals surface area contributed by atoms with Gasteiger partial charge in [0.1, 0.15) is 0 Å². The Morgan fingerprint density at radius 1 is 1.35 bits per heavy atom.